The molecule has 1 fully saturated rings. The Balaban J connectivity index is 1.67. The van der Waals surface area contributed by atoms with E-state index in [0.29, 0.717) is 28.3 Å². The summed E-state index contributed by atoms with van der Waals surface area (Å²) in [5, 5.41) is 2.08. The molecular weight excluding hydrogens is 403 g/mol. The number of benzene rings is 3. The fraction of sp³-hybridized carbons (Fsp3) is 0.182. The predicted octanol–water partition coefficient (Wildman–Crippen LogP) is 6.68. The molecule has 5 heteroatoms. The molecule has 0 saturated carbocycles. The van der Waals surface area contributed by atoms with Crippen molar-refractivity contribution in [2.75, 3.05) is 13.2 Å². The lowest BCUT2D eigenvalue weighted by molar-refractivity contribution is -0.207. The van der Waals surface area contributed by atoms with Crippen LogP contribution in [0.4, 0.5) is 0 Å². The summed E-state index contributed by atoms with van der Waals surface area (Å²) < 4.78 is 12.3. The van der Waals surface area contributed by atoms with Gasteiger partial charge in [-0.05, 0) is 47.5 Å². The minimum atomic E-state index is -0.432. The molecule has 27 heavy (non-hydrogen) atoms. The van der Waals surface area contributed by atoms with Crippen molar-refractivity contribution >= 4 is 34.8 Å². The van der Waals surface area contributed by atoms with Gasteiger partial charge in [-0.15, -0.1) is 0 Å². The summed E-state index contributed by atoms with van der Waals surface area (Å²) >= 11 is 18.2. The maximum atomic E-state index is 6.16. The quantitative estimate of drug-likeness (QED) is 0.471. The molecule has 0 bridgehead atoms. The lowest BCUT2D eigenvalue weighted by Crippen LogP contribution is -2.43. The van der Waals surface area contributed by atoms with Crippen LogP contribution in [0.3, 0.4) is 0 Å². The summed E-state index contributed by atoms with van der Waals surface area (Å²) in [6.45, 7) is 0.952. The predicted molar refractivity (Wildman–Crippen MR) is 110 cm³/mol. The molecule has 0 aromatic heterocycles. The largest absolute Gasteiger partial charge is 0.347 e. The topological polar surface area (TPSA) is 18.5 Å². The number of hydrogen-bond acceptors (Lipinski definition) is 2. The lowest BCUT2D eigenvalue weighted by atomic mass is 9.75. The molecular formula is C22H17Cl3O2. The minimum absolute atomic E-state index is 0.421. The smallest absolute Gasteiger partial charge is 0.183 e. The zero-order valence-corrected chi connectivity index (χ0v) is 16.6. The Labute approximate surface area is 173 Å². The highest BCUT2D eigenvalue weighted by atomic mass is 35.5. The molecule has 0 radical (unpaired) electrons. The van der Waals surface area contributed by atoms with Crippen molar-refractivity contribution in [1.29, 1.82) is 0 Å². The summed E-state index contributed by atoms with van der Waals surface area (Å²) in [4.78, 5) is 0. The van der Waals surface area contributed by atoms with E-state index in [1.807, 2.05) is 72.8 Å². The Kier molecular flexibility index (Phi) is 5.45. The Morgan fingerprint density at radius 2 is 0.963 bits per heavy atom. The maximum Gasteiger partial charge on any atom is 0.183 e. The molecule has 1 aliphatic heterocycles. The van der Waals surface area contributed by atoms with Crippen molar-refractivity contribution in [3.8, 4) is 0 Å². The molecule has 3 aromatic carbocycles. The van der Waals surface area contributed by atoms with Crippen LogP contribution in [0.2, 0.25) is 15.1 Å². The summed E-state index contributed by atoms with van der Waals surface area (Å²) in [5.74, 6) is 0. The lowest BCUT2D eigenvalue weighted by Gasteiger charge is -2.41. The molecule has 4 rings (SSSR count). The maximum absolute atomic E-state index is 6.16. The van der Waals surface area contributed by atoms with Gasteiger partial charge in [-0.1, -0.05) is 71.2 Å². The molecule has 0 N–H and O–H groups in total. The zero-order valence-electron chi connectivity index (χ0n) is 14.4. The van der Waals surface area contributed by atoms with Crippen LogP contribution in [-0.2, 0) is 14.9 Å². The van der Waals surface area contributed by atoms with Crippen LogP contribution < -0.4 is 0 Å². The van der Waals surface area contributed by atoms with Gasteiger partial charge in [0.05, 0.1) is 18.6 Å². The van der Waals surface area contributed by atoms with Gasteiger partial charge in [0.1, 0.15) is 0 Å². The Bertz CT molecular complexity index is 850. The molecule has 2 nitrogen and oxygen atoms in total. The summed E-state index contributed by atoms with van der Waals surface area (Å²) in [6, 6.07) is 23.2. The normalized spacial score (nSPS) is 17.0. The molecule has 0 spiro atoms. The number of ether oxygens (including phenoxy) is 2. The third-order valence-electron chi connectivity index (χ3n) is 4.90. The molecule has 1 heterocycles. The molecule has 3 aromatic rings. The van der Waals surface area contributed by atoms with Crippen LogP contribution in [0.1, 0.15) is 23.0 Å². The van der Waals surface area contributed by atoms with Gasteiger partial charge in [0.25, 0.3) is 0 Å². The number of rotatable bonds is 3. The van der Waals surface area contributed by atoms with Crippen molar-refractivity contribution in [2.45, 2.75) is 11.7 Å². The second-order valence-electron chi connectivity index (χ2n) is 6.60. The highest BCUT2D eigenvalue weighted by molar-refractivity contribution is 6.31. The van der Waals surface area contributed by atoms with Crippen LogP contribution in [0.25, 0.3) is 0 Å². The zero-order chi connectivity index (χ0) is 18.9. The van der Waals surface area contributed by atoms with E-state index in [-0.39, 0.29) is 0 Å². The van der Waals surface area contributed by atoms with Crippen molar-refractivity contribution in [2.24, 2.45) is 0 Å². The molecule has 0 aliphatic carbocycles. The average molecular weight is 420 g/mol. The van der Waals surface area contributed by atoms with E-state index >= 15 is 0 Å². The first-order chi connectivity index (χ1) is 13.1. The molecule has 0 amide bonds. The molecule has 1 aliphatic rings. The van der Waals surface area contributed by atoms with Gasteiger partial charge in [-0.25, -0.2) is 0 Å². The summed E-state index contributed by atoms with van der Waals surface area (Å²) in [7, 11) is 0. The average Bonchev–Trinajstić information content (AvgIpc) is 2.70. The minimum Gasteiger partial charge on any atom is -0.347 e. The van der Waals surface area contributed by atoms with Crippen molar-refractivity contribution in [3.05, 3.63) is 105 Å². The van der Waals surface area contributed by atoms with Gasteiger partial charge in [-0.2, -0.15) is 0 Å². The van der Waals surface area contributed by atoms with Crippen molar-refractivity contribution in [1.82, 2.24) is 0 Å². The van der Waals surface area contributed by atoms with E-state index in [0.717, 1.165) is 16.7 Å². The van der Waals surface area contributed by atoms with Crippen LogP contribution >= 0.6 is 34.8 Å². The van der Waals surface area contributed by atoms with Crippen LogP contribution in [0.5, 0.6) is 0 Å². The molecule has 138 valence electrons. The van der Waals surface area contributed by atoms with E-state index in [1.165, 1.54) is 0 Å². The first-order valence-corrected chi connectivity index (χ1v) is 9.71. The van der Waals surface area contributed by atoms with Gasteiger partial charge >= 0.3 is 0 Å². The Morgan fingerprint density at radius 1 is 0.593 bits per heavy atom. The van der Waals surface area contributed by atoms with Crippen LogP contribution in [0, 0.1) is 0 Å². The summed E-state index contributed by atoms with van der Waals surface area (Å²) in [6.07, 6.45) is -0.421. The first kappa shape index (κ1) is 18.8. The fourth-order valence-electron chi connectivity index (χ4n) is 3.38. The van der Waals surface area contributed by atoms with E-state index < -0.39 is 11.7 Å². The second-order valence-corrected chi connectivity index (χ2v) is 7.91. The Hall–Kier alpha value is -1.55. The Morgan fingerprint density at radius 3 is 1.37 bits per heavy atom. The van der Waals surface area contributed by atoms with Gasteiger partial charge in [0.2, 0.25) is 0 Å². The van der Waals surface area contributed by atoms with E-state index in [2.05, 4.69) is 0 Å². The van der Waals surface area contributed by atoms with E-state index in [4.69, 9.17) is 44.3 Å². The SMILES string of the molecule is Clc1ccc(C2OCC(c3ccc(Cl)cc3)(c3ccc(Cl)cc3)CO2)cc1. The molecule has 0 unspecified atom stereocenters. The number of hydrogen-bond donors (Lipinski definition) is 0. The fourth-order valence-corrected chi connectivity index (χ4v) is 3.75. The molecule has 0 atom stereocenters. The number of halogens is 3. The van der Waals surface area contributed by atoms with Crippen LogP contribution in [0.15, 0.2) is 72.8 Å². The van der Waals surface area contributed by atoms with Crippen LogP contribution in [-0.4, -0.2) is 13.2 Å². The highest BCUT2D eigenvalue weighted by Crippen LogP contribution is 2.40. The van der Waals surface area contributed by atoms with E-state index in [9.17, 15) is 0 Å². The third kappa shape index (κ3) is 3.87. The van der Waals surface area contributed by atoms with Crippen molar-refractivity contribution in [3.63, 3.8) is 0 Å². The van der Waals surface area contributed by atoms with Gasteiger partial charge in [-0.3, -0.25) is 0 Å². The van der Waals surface area contributed by atoms with Gasteiger partial charge in [0, 0.05) is 20.6 Å². The van der Waals surface area contributed by atoms with Crippen molar-refractivity contribution < 1.29 is 9.47 Å². The van der Waals surface area contributed by atoms with Gasteiger partial charge < -0.3 is 9.47 Å². The monoisotopic (exact) mass is 418 g/mol. The van der Waals surface area contributed by atoms with E-state index in [1.54, 1.807) is 0 Å². The standard InChI is InChI=1S/C22H17Cl3O2/c23-18-7-1-15(2-8-18)21-26-13-22(14-27-21,16-3-9-19(24)10-4-16)17-5-11-20(25)12-6-17/h1-12,21H,13-14H2. The summed E-state index contributed by atoms with van der Waals surface area (Å²) in [5.41, 5.74) is 2.69. The second kappa shape index (κ2) is 7.83. The molecule has 1 saturated heterocycles. The third-order valence-corrected chi connectivity index (χ3v) is 5.65. The van der Waals surface area contributed by atoms with Gasteiger partial charge in [0.15, 0.2) is 6.29 Å². The first-order valence-electron chi connectivity index (χ1n) is 8.58. The highest BCUT2D eigenvalue weighted by Gasteiger charge is 2.40.